The van der Waals surface area contributed by atoms with Gasteiger partial charge >= 0.3 is 0 Å². The molecule has 0 N–H and O–H groups in total. The van der Waals surface area contributed by atoms with Gasteiger partial charge in [-0.25, -0.2) is 0 Å². The standard InChI is InChI=1S/C7H4N3O/c8-10-9-7(11)6-4-2-1-3-5-6/h2-5H. The maximum Gasteiger partial charge on any atom is 0.249 e. The van der Waals surface area contributed by atoms with Crippen LogP contribution in [0.4, 0.5) is 0 Å². The molecule has 1 aromatic carbocycles. The Labute approximate surface area is 63.1 Å². The molecule has 1 amide bonds. The van der Waals surface area contributed by atoms with Crippen LogP contribution in [-0.2, 0) is 0 Å². The molecule has 1 aromatic rings. The zero-order chi connectivity index (χ0) is 8.10. The molecule has 0 spiro atoms. The van der Waals surface area contributed by atoms with Crippen LogP contribution >= 0.6 is 0 Å². The summed E-state index contributed by atoms with van der Waals surface area (Å²) in [6, 6.07) is 8.99. The molecule has 0 aliphatic heterocycles. The lowest BCUT2D eigenvalue weighted by Gasteiger charge is -1.89. The van der Waals surface area contributed by atoms with Gasteiger partial charge in [-0.2, -0.15) is 0 Å². The zero-order valence-corrected chi connectivity index (χ0v) is 5.56. The van der Waals surface area contributed by atoms with Crippen LogP contribution in [0.2, 0.25) is 0 Å². The van der Waals surface area contributed by atoms with E-state index in [0.29, 0.717) is 5.56 Å². The predicted molar refractivity (Wildman–Crippen MR) is 38.8 cm³/mol. The van der Waals surface area contributed by atoms with Crippen molar-refractivity contribution in [1.29, 1.82) is 0 Å². The van der Waals surface area contributed by atoms with Gasteiger partial charge < -0.3 is 0 Å². The topological polar surface area (TPSA) is 65.8 Å². The van der Waals surface area contributed by atoms with Gasteiger partial charge in [-0.15, -0.1) is 0 Å². The molecule has 53 valence electrons. The average molecular weight is 146 g/mol. The molecule has 0 saturated heterocycles. The number of carbonyl (C=O) groups excluding carboxylic acids is 1. The Morgan fingerprint density at radius 2 is 2.18 bits per heavy atom. The van der Waals surface area contributed by atoms with E-state index in [4.69, 9.17) is 5.53 Å². The summed E-state index contributed by atoms with van der Waals surface area (Å²) < 4.78 is 0. The van der Waals surface area contributed by atoms with Gasteiger partial charge in [0.1, 0.15) is 0 Å². The Kier molecular flexibility index (Phi) is 2.25. The molecule has 4 heteroatoms. The van der Waals surface area contributed by atoms with Crippen molar-refractivity contribution < 1.29 is 4.79 Å². The highest BCUT2D eigenvalue weighted by atomic mass is 16.1. The summed E-state index contributed by atoms with van der Waals surface area (Å²) in [4.78, 5) is 13.2. The van der Waals surface area contributed by atoms with Gasteiger partial charge in [0.15, 0.2) is 0 Å². The normalized spacial score (nSPS) is 8.36. The molecule has 1 radical (unpaired) electrons. The summed E-state index contributed by atoms with van der Waals surface area (Å²) in [6.07, 6.45) is 0. The van der Waals surface area contributed by atoms with E-state index in [9.17, 15) is 4.79 Å². The Balaban J connectivity index is 2.94. The van der Waals surface area contributed by atoms with Crippen molar-refractivity contribution in [2.24, 2.45) is 5.11 Å². The summed E-state index contributed by atoms with van der Waals surface area (Å²) in [6.45, 7) is 0. The Morgan fingerprint density at radius 1 is 1.55 bits per heavy atom. The summed E-state index contributed by atoms with van der Waals surface area (Å²) in [5.74, 6) is -0.568. The maximum atomic E-state index is 10.8. The van der Waals surface area contributed by atoms with Crippen LogP contribution in [0.3, 0.4) is 0 Å². The summed E-state index contributed by atoms with van der Waals surface area (Å²) in [7, 11) is 0. The quantitative estimate of drug-likeness (QED) is 0.339. The van der Waals surface area contributed by atoms with Gasteiger partial charge in [0.05, 0.1) is 0 Å². The molecular formula is C7H4N3O. The first-order valence-electron chi connectivity index (χ1n) is 2.90. The lowest BCUT2D eigenvalue weighted by atomic mass is 10.2. The van der Waals surface area contributed by atoms with Crippen molar-refractivity contribution in [2.75, 3.05) is 0 Å². The Hall–Kier alpha value is -1.80. The molecule has 0 unspecified atom stereocenters. The molecule has 0 atom stereocenters. The first-order valence-corrected chi connectivity index (χ1v) is 2.90. The molecule has 0 saturated carbocycles. The first kappa shape index (κ1) is 7.31. The third kappa shape index (κ3) is 1.81. The molecule has 0 heterocycles. The van der Waals surface area contributed by atoms with Gasteiger partial charge in [-0.3, -0.25) is 4.79 Å². The van der Waals surface area contributed by atoms with E-state index in [1.807, 2.05) is 0 Å². The Morgan fingerprint density at radius 3 is 2.73 bits per heavy atom. The molecule has 0 bridgehead atoms. The molecule has 1 rings (SSSR count). The SMILES string of the molecule is [N-]=[N+]=NC(=O)c1cc[c]cc1. The second-order valence-electron chi connectivity index (χ2n) is 1.78. The first-order chi connectivity index (χ1) is 5.34. The molecule has 0 aliphatic carbocycles. The number of hydrogen-bond donors (Lipinski definition) is 0. The number of azide groups is 1. The van der Waals surface area contributed by atoms with Crippen LogP contribution in [0.15, 0.2) is 29.4 Å². The van der Waals surface area contributed by atoms with Crippen LogP contribution in [0, 0.1) is 6.07 Å². The zero-order valence-electron chi connectivity index (χ0n) is 5.56. The van der Waals surface area contributed by atoms with E-state index in [1.54, 1.807) is 12.1 Å². The monoisotopic (exact) mass is 146 g/mol. The van der Waals surface area contributed by atoms with Crippen LogP contribution in [0.5, 0.6) is 0 Å². The van der Waals surface area contributed by atoms with E-state index in [2.05, 4.69) is 16.1 Å². The van der Waals surface area contributed by atoms with Crippen molar-refractivity contribution in [2.45, 2.75) is 0 Å². The van der Waals surface area contributed by atoms with Gasteiger partial charge in [0.25, 0.3) is 0 Å². The number of rotatable bonds is 1. The molecule has 0 fully saturated rings. The largest absolute Gasteiger partial charge is 0.287 e. The van der Waals surface area contributed by atoms with Crippen LogP contribution in [-0.4, -0.2) is 5.91 Å². The van der Waals surface area contributed by atoms with E-state index >= 15 is 0 Å². The van der Waals surface area contributed by atoms with Gasteiger partial charge in [-0.05, 0) is 16.7 Å². The number of hydrogen-bond acceptors (Lipinski definition) is 1. The molecule has 0 aromatic heterocycles. The molecule has 11 heavy (non-hydrogen) atoms. The third-order valence-corrected chi connectivity index (χ3v) is 1.10. The molecule has 0 aliphatic rings. The van der Waals surface area contributed by atoms with E-state index in [1.165, 1.54) is 12.1 Å². The number of benzene rings is 1. The van der Waals surface area contributed by atoms with Crippen molar-refractivity contribution in [3.8, 4) is 0 Å². The lowest BCUT2D eigenvalue weighted by molar-refractivity contribution is 0.100. The summed E-state index contributed by atoms with van der Waals surface area (Å²) in [5.41, 5.74) is 8.30. The second kappa shape index (κ2) is 3.39. The van der Waals surface area contributed by atoms with E-state index < -0.39 is 5.91 Å². The van der Waals surface area contributed by atoms with Crippen molar-refractivity contribution >= 4 is 5.91 Å². The minimum atomic E-state index is -0.568. The number of amides is 1. The van der Waals surface area contributed by atoms with Crippen molar-refractivity contribution in [3.63, 3.8) is 0 Å². The summed E-state index contributed by atoms with van der Waals surface area (Å²) in [5, 5.41) is 2.92. The van der Waals surface area contributed by atoms with Gasteiger partial charge in [0.2, 0.25) is 5.91 Å². The van der Waals surface area contributed by atoms with Gasteiger partial charge in [0, 0.05) is 10.5 Å². The average Bonchev–Trinajstić information content (AvgIpc) is 2.07. The minimum Gasteiger partial charge on any atom is -0.287 e. The lowest BCUT2D eigenvalue weighted by Crippen LogP contribution is -1.90. The second-order valence-corrected chi connectivity index (χ2v) is 1.78. The Bertz CT molecular complexity index is 301. The third-order valence-electron chi connectivity index (χ3n) is 1.10. The molecular weight excluding hydrogens is 142 g/mol. The predicted octanol–water partition coefficient (Wildman–Crippen LogP) is 1.94. The highest BCUT2D eigenvalue weighted by Gasteiger charge is 1.98. The molecule has 4 nitrogen and oxygen atoms in total. The minimum absolute atomic E-state index is 0.376. The van der Waals surface area contributed by atoms with Gasteiger partial charge in [-0.1, -0.05) is 24.3 Å². The van der Waals surface area contributed by atoms with Crippen LogP contribution in [0.1, 0.15) is 10.4 Å². The van der Waals surface area contributed by atoms with E-state index in [0.717, 1.165) is 0 Å². The van der Waals surface area contributed by atoms with E-state index in [-0.39, 0.29) is 0 Å². The van der Waals surface area contributed by atoms with Crippen molar-refractivity contribution in [1.82, 2.24) is 0 Å². The fourth-order valence-electron chi connectivity index (χ4n) is 0.628. The van der Waals surface area contributed by atoms with Crippen LogP contribution in [0.25, 0.3) is 10.4 Å². The maximum absolute atomic E-state index is 10.8. The number of carbonyl (C=O) groups is 1. The van der Waals surface area contributed by atoms with Crippen LogP contribution < -0.4 is 0 Å². The fraction of sp³-hybridized carbons (Fsp3) is 0. The highest BCUT2D eigenvalue weighted by molar-refractivity contribution is 5.94. The summed E-state index contributed by atoms with van der Waals surface area (Å²) >= 11 is 0. The van der Waals surface area contributed by atoms with Crippen molar-refractivity contribution in [3.05, 3.63) is 46.3 Å². The smallest absolute Gasteiger partial charge is 0.249 e. The fourth-order valence-corrected chi connectivity index (χ4v) is 0.628. The number of nitrogens with zero attached hydrogens (tertiary/aromatic N) is 3. The highest BCUT2D eigenvalue weighted by Crippen LogP contribution is 1.99.